The van der Waals surface area contributed by atoms with Crippen molar-refractivity contribution in [2.24, 2.45) is 11.8 Å². The Balaban J connectivity index is 0.000000656. The van der Waals surface area contributed by atoms with Crippen LogP contribution in [0.25, 0.3) is 11.1 Å². The lowest BCUT2D eigenvalue weighted by Gasteiger charge is -2.15. The number of carbonyl (C=O) groups is 1. The lowest BCUT2D eigenvalue weighted by atomic mass is 9.89. The molecule has 0 N–H and O–H groups in total. The van der Waals surface area contributed by atoms with Gasteiger partial charge in [0.1, 0.15) is 5.82 Å². The van der Waals surface area contributed by atoms with Gasteiger partial charge in [-0.3, -0.25) is 4.79 Å². The molecule has 0 heterocycles. The zero-order chi connectivity index (χ0) is 31.5. The Hall–Kier alpha value is -3.26. The van der Waals surface area contributed by atoms with Crippen LogP contribution in [-0.4, -0.2) is 6.29 Å². The number of hydrogen-bond acceptors (Lipinski definition) is 1. The summed E-state index contributed by atoms with van der Waals surface area (Å²) in [5.74, 6) is 0.880. The molecule has 3 rings (SSSR count). The molecule has 0 bridgehead atoms. The van der Waals surface area contributed by atoms with Crippen LogP contribution in [0, 0.1) is 31.5 Å². The fourth-order valence-corrected chi connectivity index (χ4v) is 4.05. The van der Waals surface area contributed by atoms with Crippen LogP contribution in [0.1, 0.15) is 102 Å². The summed E-state index contributed by atoms with van der Waals surface area (Å²) >= 11 is 0. The van der Waals surface area contributed by atoms with Gasteiger partial charge in [0.25, 0.3) is 0 Å². The van der Waals surface area contributed by atoms with E-state index in [0.717, 1.165) is 64.5 Å². The molecule has 0 amide bonds. The number of carbonyl (C=O) groups excluding carboxylic acids is 1. The third-order valence-corrected chi connectivity index (χ3v) is 6.88. The van der Waals surface area contributed by atoms with E-state index < -0.39 is 0 Å². The molecule has 0 aliphatic heterocycles. The minimum absolute atomic E-state index is 0.0978. The lowest BCUT2D eigenvalue weighted by molar-refractivity contribution is -0.103. The summed E-state index contributed by atoms with van der Waals surface area (Å²) in [6.07, 6.45) is 4.03. The van der Waals surface area contributed by atoms with Gasteiger partial charge in [0.15, 0.2) is 6.29 Å². The molecule has 0 aromatic heterocycles. The van der Waals surface area contributed by atoms with Crippen LogP contribution in [-0.2, 0) is 17.6 Å². The molecule has 0 saturated heterocycles. The zero-order valence-electron chi connectivity index (χ0n) is 27.7. The molecule has 41 heavy (non-hydrogen) atoms. The highest BCUT2D eigenvalue weighted by molar-refractivity contribution is 6.08. The van der Waals surface area contributed by atoms with Crippen LogP contribution in [0.3, 0.4) is 0 Å². The number of aldehydes is 1. The Morgan fingerprint density at radius 3 is 1.83 bits per heavy atom. The van der Waals surface area contributed by atoms with Crippen molar-refractivity contribution < 1.29 is 9.18 Å². The van der Waals surface area contributed by atoms with Gasteiger partial charge in [0.05, 0.1) is 0 Å². The number of hydrogen-bond donors (Lipinski definition) is 0. The fraction of sp³-hybridized carbons (Fsp3) is 0.410. The van der Waals surface area contributed by atoms with Gasteiger partial charge in [0.2, 0.25) is 0 Å². The molecule has 0 aliphatic rings. The minimum atomic E-state index is -0.0978. The normalized spacial score (nSPS) is 10.8. The Labute approximate surface area is 251 Å². The second-order valence-corrected chi connectivity index (χ2v) is 10.9. The van der Waals surface area contributed by atoms with Crippen LogP contribution in [0.5, 0.6) is 0 Å². The van der Waals surface area contributed by atoms with Gasteiger partial charge in [-0.1, -0.05) is 128 Å². The molecule has 0 radical (unpaired) electrons. The number of allylic oxidation sites excluding steroid dienone is 3. The van der Waals surface area contributed by atoms with Crippen LogP contribution in [0.15, 0.2) is 78.9 Å². The lowest BCUT2D eigenvalue weighted by Crippen LogP contribution is -2.00. The Bertz CT molecular complexity index is 1220. The minimum Gasteiger partial charge on any atom is -0.298 e. The summed E-state index contributed by atoms with van der Waals surface area (Å²) in [5, 5.41) is 0. The van der Waals surface area contributed by atoms with Crippen LogP contribution in [0.2, 0.25) is 0 Å². The highest BCUT2D eigenvalue weighted by Crippen LogP contribution is 2.28. The average molecular weight is 559 g/mol. The molecule has 0 atom stereocenters. The summed E-state index contributed by atoms with van der Waals surface area (Å²) in [6.45, 7) is 26.9. The van der Waals surface area contributed by atoms with E-state index in [0.29, 0.717) is 11.8 Å². The SMILES string of the molecule is C=C(CC(C)C)c1ccc(/C(C=O)=C(\C)C(C)C)c(C)c1.CC.CCc1ccc(C)c(F)c1.CCc1ccccc1. The van der Waals surface area contributed by atoms with E-state index in [4.69, 9.17) is 0 Å². The molecule has 0 fully saturated rings. The van der Waals surface area contributed by atoms with Crippen molar-refractivity contribution >= 4 is 17.4 Å². The molecular formula is C39H55FO. The van der Waals surface area contributed by atoms with E-state index in [-0.39, 0.29) is 5.82 Å². The number of benzene rings is 3. The maximum Gasteiger partial charge on any atom is 0.150 e. The summed E-state index contributed by atoms with van der Waals surface area (Å²) in [6, 6.07) is 22.1. The van der Waals surface area contributed by atoms with Gasteiger partial charge in [-0.05, 0) is 96.9 Å². The van der Waals surface area contributed by atoms with E-state index in [1.54, 1.807) is 13.0 Å². The second-order valence-electron chi connectivity index (χ2n) is 10.9. The first-order valence-electron chi connectivity index (χ1n) is 15.2. The van der Waals surface area contributed by atoms with Crippen LogP contribution >= 0.6 is 0 Å². The van der Waals surface area contributed by atoms with Crippen molar-refractivity contribution in [1.29, 1.82) is 0 Å². The van der Waals surface area contributed by atoms with Gasteiger partial charge < -0.3 is 0 Å². The van der Waals surface area contributed by atoms with Gasteiger partial charge in [-0.2, -0.15) is 0 Å². The summed E-state index contributed by atoms with van der Waals surface area (Å²) in [5.41, 5.74) is 9.67. The zero-order valence-corrected chi connectivity index (χ0v) is 27.7. The molecular weight excluding hydrogens is 503 g/mol. The molecule has 3 aromatic rings. The monoisotopic (exact) mass is 558 g/mol. The number of aryl methyl sites for hydroxylation is 4. The van der Waals surface area contributed by atoms with Crippen molar-refractivity contribution in [3.63, 3.8) is 0 Å². The number of halogens is 1. The van der Waals surface area contributed by atoms with Crippen molar-refractivity contribution in [1.82, 2.24) is 0 Å². The topological polar surface area (TPSA) is 17.1 Å². The maximum atomic E-state index is 12.8. The predicted molar refractivity (Wildman–Crippen MR) is 181 cm³/mol. The summed E-state index contributed by atoms with van der Waals surface area (Å²) < 4.78 is 12.8. The van der Waals surface area contributed by atoms with E-state index in [1.807, 2.05) is 45.9 Å². The first-order valence-corrected chi connectivity index (χ1v) is 15.2. The third-order valence-electron chi connectivity index (χ3n) is 6.88. The molecule has 0 unspecified atom stereocenters. The van der Waals surface area contributed by atoms with Crippen LogP contribution < -0.4 is 0 Å². The van der Waals surface area contributed by atoms with Crippen LogP contribution in [0.4, 0.5) is 4.39 Å². The molecule has 2 heteroatoms. The van der Waals surface area contributed by atoms with E-state index >= 15 is 0 Å². The Kier molecular flexibility index (Phi) is 19.0. The van der Waals surface area contributed by atoms with Gasteiger partial charge in [-0.15, -0.1) is 0 Å². The van der Waals surface area contributed by atoms with Crippen molar-refractivity contribution in [2.45, 2.75) is 95.4 Å². The molecule has 1 nitrogen and oxygen atoms in total. The molecule has 0 aliphatic carbocycles. The Morgan fingerprint density at radius 2 is 1.41 bits per heavy atom. The van der Waals surface area contributed by atoms with E-state index in [1.165, 1.54) is 11.1 Å². The standard InChI is InChI=1S/C20H28O.C9H11F.C8H10.C2H6/c1-13(2)10-15(5)18-8-9-19(16(6)11-18)20(12-21)17(7)14(3)4;1-3-8-5-4-7(2)9(10)6-8;1-2-8-6-4-3-5-7-8;1-2/h8-9,11-14H,5,10H2,1-4,6-7H3;4-6H,3H2,1-2H3;3-7H,2H2,1H3;1-2H3/b20-17+;;;. The first kappa shape index (κ1) is 37.7. The largest absolute Gasteiger partial charge is 0.298 e. The second kappa shape index (κ2) is 20.6. The molecule has 0 saturated carbocycles. The smallest absolute Gasteiger partial charge is 0.150 e. The maximum absolute atomic E-state index is 12.8. The van der Waals surface area contributed by atoms with Gasteiger partial charge >= 0.3 is 0 Å². The van der Waals surface area contributed by atoms with Crippen molar-refractivity contribution in [2.75, 3.05) is 0 Å². The van der Waals surface area contributed by atoms with Crippen molar-refractivity contribution in [3.8, 4) is 0 Å². The average Bonchev–Trinajstić information content (AvgIpc) is 2.97. The predicted octanol–water partition coefficient (Wildman–Crippen LogP) is 11.7. The van der Waals surface area contributed by atoms with Gasteiger partial charge in [0, 0.05) is 5.57 Å². The molecule has 224 valence electrons. The van der Waals surface area contributed by atoms with E-state index in [9.17, 15) is 9.18 Å². The first-order chi connectivity index (χ1) is 19.4. The Morgan fingerprint density at radius 1 is 0.829 bits per heavy atom. The van der Waals surface area contributed by atoms with Crippen molar-refractivity contribution in [3.05, 3.63) is 118 Å². The summed E-state index contributed by atoms with van der Waals surface area (Å²) in [7, 11) is 0. The van der Waals surface area contributed by atoms with Gasteiger partial charge in [-0.25, -0.2) is 4.39 Å². The quantitative estimate of drug-likeness (QED) is 0.198. The molecule has 3 aromatic carbocycles. The molecule has 0 spiro atoms. The fourth-order valence-electron chi connectivity index (χ4n) is 4.05. The highest BCUT2D eigenvalue weighted by Gasteiger charge is 2.12. The number of rotatable bonds is 8. The highest BCUT2D eigenvalue weighted by atomic mass is 19.1. The summed E-state index contributed by atoms with van der Waals surface area (Å²) in [4.78, 5) is 11.5. The van der Waals surface area contributed by atoms with E-state index in [2.05, 4.69) is 90.6 Å². The third kappa shape index (κ3) is 13.8.